The minimum Gasteiger partial charge on any atom is -0.478 e. The number of carbonyl (C=O) groups is 1. The van der Waals surface area contributed by atoms with Crippen molar-refractivity contribution < 1.29 is 9.90 Å². The molecule has 0 aliphatic carbocycles. The highest BCUT2D eigenvalue weighted by Crippen LogP contribution is 2.17. The van der Waals surface area contributed by atoms with Gasteiger partial charge < -0.3 is 10.4 Å². The predicted molar refractivity (Wildman–Crippen MR) is 57.5 cm³/mol. The molecule has 0 aromatic carbocycles. The third kappa shape index (κ3) is 3.72. The van der Waals surface area contributed by atoms with Gasteiger partial charge >= 0.3 is 5.97 Å². The van der Waals surface area contributed by atoms with Crippen molar-refractivity contribution in [3.8, 4) is 0 Å². The molecule has 1 aromatic heterocycles. The van der Waals surface area contributed by atoms with Gasteiger partial charge in [-0.15, -0.1) is 11.3 Å². The van der Waals surface area contributed by atoms with Crippen molar-refractivity contribution in [2.24, 2.45) is 0 Å². The van der Waals surface area contributed by atoms with Crippen LogP contribution in [0.15, 0.2) is 29.7 Å². The van der Waals surface area contributed by atoms with Gasteiger partial charge in [-0.1, -0.05) is 12.1 Å². The number of hydrogen-bond acceptors (Lipinski definition) is 3. The number of nitrogens with one attached hydrogen (secondary N) is 1. The number of thiophene rings is 1. The van der Waals surface area contributed by atoms with Crippen LogP contribution in [0.5, 0.6) is 0 Å². The summed E-state index contributed by atoms with van der Waals surface area (Å²) in [5.41, 5.74) is 0. The molecule has 0 saturated carbocycles. The monoisotopic (exact) mass is 211 g/mol. The Bertz CT molecular complexity index is 306. The molecule has 0 fully saturated rings. The first-order chi connectivity index (χ1) is 6.70. The Balaban J connectivity index is 2.29. The Morgan fingerprint density at radius 3 is 3.14 bits per heavy atom. The van der Waals surface area contributed by atoms with Crippen LogP contribution in [-0.2, 0) is 4.79 Å². The molecule has 1 heterocycles. The molecule has 76 valence electrons. The number of carboxylic acids is 1. The van der Waals surface area contributed by atoms with Gasteiger partial charge in [0.15, 0.2) is 0 Å². The second-order valence-electron chi connectivity index (χ2n) is 2.89. The van der Waals surface area contributed by atoms with Crippen molar-refractivity contribution >= 4 is 17.3 Å². The SMILES string of the molecule is C[C@H](NC/C=C/C(=O)O)c1cccs1. The van der Waals surface area contributed by atoms with E-state index >= 15 is 0 Å². The van der Waals surface area contributed by atoms with Crippen molar-refractivity contribution in [3.05, 3.63) is 34.5 Å². The lowest BCUT2D eigenvalue weighted by Crippen LogP contribution is -2.17. The third-order valence-electron chi connectivity index (χ3n) is 1.77. The summed E-state index contributed by atoms with van der Waals surface area (Å²) in [7, 11) is 0. The molecule has 1 aromatic rings. The second kappa shape index (κ2) is 5.57. The molecule has 0 unspecified atom stereocenters. The summed E-state index contributed by atoms with van der Waals surface area (Å²) < 4.78 is 0. The van der Waals surface area contributed by atoms with Crippen molar-refractivity contribution in [1.29, 1.82) is 0 Å². The first-order valence-corrected chi connectivity index (χ1v) is 5.24. The largest absolute Gasteiger partial charge is 0.478 e. The molecule has 0 spiro atoms. The average Bonchev–Trinajstić information content (AvgIpc) is 2.64. The fourth-order valence-electron chi connectivity index (χ4n) is 1.04. The molecule has 0 aliphatic rings. The van der Waals surface area contributed by atoms with E-state index in [0.717, 1.165) is 6.08 Å². The van der Waals surface area contributed by atoms with Crippen LogP contribution in [0.2, 0.25) is 0 Å². The van der Waals surface area contributed by atoms with Gasteiger partial charge in [-0.3, -0.25) is 0 Å². The van der Waals surface area contributed by atoms with E-state index in [-0.39, 0.29) is 6.04 Å². The molecular weight excluding hydrogens is 198 g/mol. The minimum atomic E-state index is -0.907. The van der Waals surface area contributed by atoms with Crippen molar-refractivity contribution in [2.45, 2.75) is 13.0 Å². The topological polar surface area (TPSA) is 49.3 Å². The number of hydrogen-bond donors (Lipinski definition) is 2. The summed E-state index contributed by atoms with van der Waals surface area (Å²) in [6.07, 6.45) is 2.75. The highest BCUT2D eigenvalue weighted by atomic mass is 32.1. The molecule has 0 bridgehead atoms. The van der Waals surface area contributed by atoms with Gasteiger partial charge in [0.1, 0.15) is 0 Å². The van der Waals surface area contributed by atoms with Crippen molar-refractivity contribution in [2.75, 3.05) is 6.54 Å². The van der Waals surface area contributed by atoms with E-state index in [1.165, 1.54) is 4.88 Å². The lowest BCUT2D eigenvalue weighted by molar-refractivity contribution is -0.131. The molecule has 1 rings (SSSR count). The molecule has 0 aliphatic heterocycles. The zero-order valence-electron chi connectivity index (χ0n) is 7.93. The van der Waals surface area contributed by atoms with Crippen LogP contribution in [0.25, 0.3) is 0 Å². The van der Waals surface area contributed by atoms with Crippen molar-refractivity contribution in [3.63, 3.8) is 0 Å². The Kier molecular flexibility index (Phi) is 4.35. The van der Waals surface area contributed by atoms with Gasteiger partial charge in [-0.25, -0.2) is 4.79 Å². The average molecular weight is 211 g/mol. The normalized spacial score (nSPS) is 13.2. The van der Waals surface area contributed by atoms with Crippen molar-refractivity contribution in [1.82, 2.24) is 5.32 Å². The highest BCUT2D eigenvalue weighted by Gasteiger charge is 2.02. The number of aliphatic carboxylic acids is 1. The van der Waals surface area contributed by atoms with Crippen LogP contribution in [0.1, 0.15) is 17.8 Å². The van der Waals surface area contributed by atoms with E-state index in [4.69, 9.17) is 5.11 Å². The lowest BCUT2D eigenvalue weighted by Gasteiger charge is -2.09. The smallest absolute Gasteiger partial charge is 0.328 e. The minimum absolute atomic E-state index is 0.272. The maximum absolute atomic E-state index is 10.2. The Morgan fingerprint density at radius 1 is 1.79 bits per heavy atom. The van der Waals surface area contributed by atoms with Gasteiger partial charge in [-0.2, -0.15) is 0 Å². The molecular formula is C10H13NO2S. The first-order valence-electron chi connectivity index (χ1n) is 4.36. The van der Waals surface area contributed by atoms with Crippen LogP contribution in [0.4, 0.5) is 0 Å². The maximum atomic E-state index is 10.2. The zero-order valence-corrected chi connectivity index (χ0v) is 8.75. The van der Waals surface area contributed by atoms with Crippen LogP contribution in [0, 0.1) is 0 Å². The maximum Gasteiger partial charge on any atom is 0.328 e. The van der Waals surface area contributed by atoms with E-state index in [9.17, 15) is 4.79 Å². The Morgan fingerprint density at radius 2 is 2.57 bits per heavy atom. The molecule has 14 heavy (non-hydrogen) atoms. The standard InChI is InChI=1S/C10H13NO2S/c1-8(9-4-3-7-14-9)11-6-2-5-10(12)13/h2-5,7-8,11H,6H2,1H3,(H,12,13)/b5-2+/t8-/m0/s1. The summed E-state index contributed by atoms with van der Waals surface area (Å²) >= 11 is 1.69. The summed E-state index contributed by atoms with van der Waals surface area (Å²) in [6.45, 7) is 2.63. The van der Waals surface area contributed by atoms with E-state index in [1.54, 1.807) is 17.4 Å². The molecule has 0 amide bonds. The Labute approximate surface area is 87.1 Å². The summed E-state index contributed by atoms with van der Waals surface area (Å²) in [5, 5.41) is 13.6. The van der Waals surface area contributed by atoms with E-state index in [2.05, 4.69) is 18.3 Å². The van der Waals surface area contributed by atoms with E-state index < -0.39 is 5.97 Å². The summed E-state index contributed by atoms with van der Waals surface area (Å²) in [5.74, 6) is -0.907. The van der Waals surface area contributed by atoms with Gasteiger partial charge in [0, 0.05) is 23.5 Å². The fraction of sp³-hybridized carbons (Fsp3) is 0.300. The highest BCUT2D eigenvalue weighted by molar-refractivity contribution is 7.10. The van der Waals surface area contributed by atoms with Gasteiger partial charge in [0.2, 0.25) is 0 Å². The van der Waals surface area contributed by atoms with Gasteiger partial charge in [-0.05, 0) is 18.4 Å². The van der Waals surface area contributed by atoms with Crippen LogP contribution in [0.3, 0.4) is 0 Å². The molecule has 3 nitrogen and oxygen atoms in total. The fourth-order valence-corrected chi connectivity index (χ4v) is 1.80. The van der Waals surface area contributed by atoms with Crippen LogP contribution in [-0.4, -0.2) is 17.6 Å². The lowest BCUT2D eigenvalue weighted by atomic mass is 10.3. The van der Waals surface area contributed by atoms with Gasteiger partial charge in [0.05, 0.1) is 0 Å². The molecule has 0 radical (unpaired) electrons. The molecule has 1 atom stereocenters. The van der Waals surface area contributed by atoms with Gasteiger partial charge in [0.25, 0.3) is 0 Å². The summed E-state index contributed by atoms with van der Waals surface area (Å²) in [4.78, 5) is 11.4. The van der Waals surface area contributed by atoms with E-state index in [0.29, 0.717) is 6.54 Å². The van der Waals surface area contributed by atoms with Crippen LogP contribution < -0.4 is 5.32 Å². The second-order valence-corrected chi connectivity index (χ2v) is 3.87. The number of carboxylic acid groups (broad SMARTS) is 1. The van der Waals surface area contributed by atoms with Crippen LogP contribution >= 0.6 is 11.3 Å². The predicted octanol–water partition coefficient (Wildman–Crippen LogP) is 2.04. The third-order valence-corrected chi connectivity index (χ3v) is 2.83. The van der Waals surface area contributed by atoms with E-state index in [1.807, 2.05) is 11.4 Å². The quantitative estimate of drug-likeness (QED) is 0.733. The first kappa shape index (κ1) is 10.9. The molecule has 0 saturated heterocycles. The Hall–Kier alpha value is -1.13. The summed E-state index contributed by atoms with van der Waals surface area (Å²) in [6, 6.07) is 4.34. The zero-order chi connectivity index (χ0) is 10.4. The molecule has 2 N–H and O–H groups in total. The number of rotatable bonds is 5. The molecule has 4 heteroatoms.